The minimum absolute atomic E-state index is 0.204. The Bertz CT molecular complexity index is 230. The number of carbonyl (C=O) groups is 1. The molecule has 14 heavy (non-hydrogen) atoms. The van der Waals surface area contributed by atoms with Crippen LogP contribution in [0, 0.1) is 17.8 Å². The standard InChI is InChI=1S/C12H19NO/c1-2-3-6-9-13-12(14)10-11-7-4-5-8-11/h11H,4-10H2,1H3,(H,13,14). The molecule has 1 amide bonds. The van der Waals surface area contributed by atoms with Crippen LogP contribution in [0.3, 0.4) is 0 Å². The van der Waals surface area contributed by atoms with Gasteiger partial charge in [0.25, 0.3) is 0 Å². The molecule has 2 heteroatoms. The van der Waals surface area contributed by atoms with Gasteiger partial charge in [0.05, 0.1) is 0 Å². The Hall–Kier alpha value is -0.970. The molecule has 0 aliphatic heterocycles. The maximum atomic E-state index is 11.4. The second-order valence-electron chi connectivity index (χ2n) is 3.88. The van der Waals surface area contributed by atoms with E-state index in [1.165, 1.54) is 25.7 Å². The van der Waals surface area contributed by atoms with Gasteiger partial charge in [-0.15, -0.1) is 11.8 Å². The van der Waals surface area contributed by atoms with Gasteiger partial charge in [0.15, 0.2) is 0 Å². The number of nitrogens with one attached hydrogen (secondary N) is 1. The zero-order valence-corrected chi connectivity index (χ0v) is 8.94. The number of hydrogen-bond acceptors (Lipinski definition) is 1. The fourth-order valence-electron chi connectivity index (χ4n) is 1.94. The van der Waals surface area contributed by atoms with E-state index in [0.29, 0.717) is 12.5 Å². The van der Waals surface area contributed by atoms with Crippen LogP contribution in [0.5, 0.6) is 0 Å². The van der Waals surface area contributed by atoms with Gasteiger partial charge < -0.3 is 5.32 Å². The quantitative estimate of drug-likeness (QED) is 0.537. The fraction of sp³-hybridized carbons (Fsp3) is 0.750. The largest absolute Gasteiger partial charge is 0.355 e. The molecule has 1 aliphatic rings. The highest BCUT2D eigenvalue weighted by Crippen LogP contribution is 2.27. The van der Waals surface area contributed by atoms with Crippen molar-refractivity contribution in [2.24, 2.45) is 5.92 Å². The van der Waals surface area contributed by atoms with Crippen molar-refractivity contribution in [2.75, 3.05) is 6.54 Å². The van der Waals surface area contributed by atoms with Crippen LogP contribution >= 0.6 is 0 Å². The van der Waals surface area contributed by atoms with Gasteiger partial charge in [0.2, 0.25) is 5.91 Å². The molecular weight excluding hydrogens is 174 g/mol. The first kappa shape index (κ1) is 11.1. The topological polar surface area (TPSA) is 29.1 Å². The van der Waals surface area contributed by atoms with Crippen LogP contribution < -0.4 is 5.32 Å². The number of rotatable bonds is 4. The summed E-state index contributed by atoms with van der Waals surface area (Å²) in [4.78, 5) is 11.4. The van der Waals surface area contributed by atoms with Crippen molar-refractivity contribution in [3.05, 3.63) is 0 Å². The van der Waals surface area contributed by atoms with Gasteiger partial charge in [0.1, 0.15) is 0 Å². The van der Waals surface area contributed by atoms with Crippen LogP contribution in [0.25, 0.3) is 0 Å². The van der Waals surface area contributed by atoms with E-state index in [0.717, 1.165) is 12.8 Å². The highest BCUT2D eigenvalue weighted by Gasteiger charge is 2.17. The smallest absolute Gasteiger partial charge is 0.220 e. The molecule has 0 heterocycles. The van der Waals surface area contributed by atoms with Crippen LogP contribution in [0.2, 0.25) is 0 Å². The number of hydrogen-bond donors (Lipinski definition) is 1. The van der Waals surface area contributed by atoms with Crippen LogP contribution in [-0.2, 0) is 4.79 Å². The molecule has 0 atom stereocenters. The molecule has 0 aromatic heterocycles. The molecule has 0 radical (unpaired) electrons. The third-order valence-electron chi connectivity index (χ3n) is 2.70. The Morgan fingerprint density at radius 1 is 1.43 bits per heavy atom. The van der Waals surface area contributed by atoms with Gasteiger partial charge in [-0.05, 0) is 25.7 Å². The molecule has 1 saturated carbocycles. The first-order valence-electron chi connectivity index (χ1n) is 5.49. The summed E-state index contributed by atoms with van der Waals surface area (Å²) in [5.41, 5.74) is 0. The van der Waals surface area contributed by atoms with Gasteiger partial charge >= 0.3 is 0 Å². The normalized spacial score (nSPS) is 16.1. The Balaban J connectivity index is 2.05. The van der Waals surface area contributed by atoms with Crippen molar-refractivity contribution in [2.45, 2.75) is 45.4 Å². The second-order valence-corrected chi connectivity index (χ2v) is 3.88. The summed E-state index contributed by atoms with van der Waals surface area (Å²) in [7, 11) is 0. The number of carbonyl (C=O) groups excluding carboxylic acids is 1. The van der Waals surface area contributed by atoms with Crippen LogP contribution in [0.4, 0.5) is 0 Å². The van der Waals surface area contributed by atoms with E-state index in [2.05, 4.69) is 17.2 Å². The van der Waals surface area contributed by atoms with Gasteiger partial charge in [-0.2, -0.15) is 0 Å². The van der Waals surface area contributed by atoms with E-state index < -0.39 is 0 Å². The minimum atomic E-state index is 0.204. The van der Waals surface area contributed by atoms with Crippen LogP contribution in [0.15, 0.2) is 0 Å². The minimum Gasteiger partial charge on any atom is -0.355 e. The molecule has 1 N–H and O–H groups in total. The molecule has 0 aromatic rings. The Labute approximate surface area is 86.5 Å². The van der Waals surface area contributed by atoms with Gasteiger partial charge in [-0.25, -0.2) is 0 Å². The maximum absolute atomic E-state index is 11.4. The fourth-order valence-corrected chi connectivity index (χ4v) is 1.94. The highest BCUT2D eigenvalue weighted by atomic mass is 16.1. The molecule has 0 unspecified atom stereocenters. The van der Waals surface area contributed by atoms with Crippen LogP contribution in [-0.4, -0.2) is 12.5 Å². The Morgan fingerprint density at radius 2 is 2.14 bits per heavy atom. The summed E-state index contributed by atoms with van der Waals surface area (Å²) < 4.78 is 0. The van der Waals surface area contributed by atoms with Gasteiger partial charge in [-0.3, -0.25) is 4.79 Å². The zero-order chi connectivity index (χ0) is 10.2. The molecule has 78 valence electrons. The molecule has 0 spiro atoms. The lowest BCUT2D eigenvalue weighted by atomic mass is 10.0. The van der Waals surface area contributed by atoms with Crippen molar-refractivity contribution in [3.63, 3.8) is 0 Å². The monoisotopic (exact) mass is 193 g/mol. The van der Waals surface area contributed by atoms with Crippen molar-refractivity contribution in [1.29, 1.82) is 0 Å². The third-order valence-corrected chi connectivity index (χ3v) is 2.70. The molecule has 1 rings (SSSR count). The van der Waals surface area contributed by atoms with Crippen molar-refractivity contribution in [3.8, 4) is 11.8 Å². The maximum Gasteiger partial charge on any atom is 0.220 e. The lowest BCUT2D eigenvalue weighted by molar-refractivity contribution is -0.121. The summed E-state index contributed by atoms with van der Waals surface area (Å²) in [6.45, 7) is 2.52. The van der Waals surface area contributed by atoms with Crippen molar-refractivity contribution in [1.82, 2.24) is 5.32 Å². The SMILES string of the molecule is CC#CCCNC(=O)CC1CCCC1. The lowest BCUT2D eigenvalue weighted by Gasteiger charge is -2.08. The molecule has 1 aliphatic carbocycles. The number of amides is 1. The van der Waals surface area contributed by atoms with E-state index in [9.17, 15) is 4.79 Å². The highest BCUT2D eigenvalue weighted by molar-refractivity contribution is 5.76. The molecular formula is C12H19NO. The molecule has 2 nitrogen and oxygen atoms in total. The first-order chi connectivity index (χ1) is 6.83. The molecule has 0 aromatic carbocycles. The zero-order valence-electron chi connectivity index (χ0n) is 8.94. The first-order valence-corrected chi connectivity index (χ1v) is 5.49. The summed E-state index contributed by atoms with van der Waals surface area (Å²) >= 11 is 0. The summed E-state index contributed by atoms with van der Waals surface area (Å²) in [5.74, 6) is 6.59. The van der Waals surface area contributed by atoms with E-state index in [1.807, 2.05) is 6.92 Å². The van der Waals surface area contributed by atoms with Gasteiger partial charge in [-0.1, -0.05) is 12.8 Å². The van der Waals surface area contributed by atoms with E-state index in [1.54, 1.807) is 0 Å². The van der Waals surface area contributed by atoms with Crippen molar-refractivity contribution >= 4 is 5.91 Å². The predicted octanol–water partition coefficient (Wildman–Crippen LogP) is 2.10. The summed E-state index contributed by atoms with van der Waals surface area (Å²) in [6.07, 6.45) is 6.58. The molecule has 1 fully saturated rings. The van der Waals surface area contributed by atoms with E-state index >= 15 is 0 Å². The Kier molecular flexibility index (Phi) is 5.14. The lowest BCUT2D eigenvalue weighted by Crippen LogP contribution is -2.25. The summed E-state index contributed by atoms with van der Waals surface area (Å²) in [6, 6.07) is 0. The average Bonchev–Trinajstić information content (AvgIpc) is 2.65. The average molecular weight is 193 g/mol. The molecule has 0 bridgehead atoms. The Morgan fingerprint density at radius 3 is 2.79 bits per heavy atom. The van der Waals surface area contributed by atoms with Crippen molar-refractivity contribution < 1.29 is 4.79 Å². The summed E-state index contributed by atoms with van der Waals surface area (Å²) in [5, 5.41) is 2.90. The molecule has 0 saturated heterocycles. The van der Waals surface area contributed by atoms with E-state index in [4.69, 9.17) is 0 Å². The second kappa shape index (κ2) is 6.48. The van der Waals surface area contributed by atoms with Crippen LogP contribution in [0.1, 0.15) is 45.4 Å². The third kappa shape index (κ3) is 4.32. The predicted molar refractivity (Wildman–Crippen MR) is 57.7 cm³/mol. The van der Waals surface area contributed by atoms with Gasteiger partial charge in [0, 0.05) is 19.4 Å². The van der Waals surface area contributed by atoms with E-state index in [-0.39, 0.29) is 5.91 Å².